The fourth-order valence-corrected chi connectivity index (χ4v) is 5.33. The minimum atomic E-state index is -0.420. The summed E-state index contributed by atoms with van der Waals surface area (Å²) in [4.78, 5) is 18.2. The van der Waals surface area contributed by atoms with Gasteiger partial charge in [0.1, 0.15) is 24.0 Å². The molecule has 3 aromatic carbocycles. The van der Waals surface area contributed by atoms with Crippen molar-refractivity contribution < 1.29 is 18.3 Å². The van der Waals surface area contributed by atoms with E-state index in [0.717, 1.165) is 41.8 Å². The quantitative estimate of drug-likeness (QED) is 0.427. The van der Waals surface area contributed by atoms with Crippen molar-refractivity contribution in [2.45, 2.75) is 19.6 Å². The maximum absolute atomic E-state index is 14.7. The Kier molecular flexibility index (Phi) is 6.14. The Labute approximate surface area is 212 Å². The van der Waals surface area contributed by atoms with Crippen LogP contribution in [0.5, 0.6) is 5.75 Å². The van der Waals surface area contributed by atoms with Gasteiger partial charge in [0.05, 0.1) is 24.2 Å². The molecule has 0 unspecified atom stereocenters. The Morgan fingerprint density at radius 3 is 2.73 bits per heavy atom. The summed E-state index contributed by atoms with van der Waals surface area (Å²) in [7, 11) is 0. The topological polar surface area (TPSA) is 59.5 Å². The van der Waals surface area contributed by atoms with E-state index in [1.807, 2.05) is 37.3 Å². The third-order valence-corrected chi connectivity index (χ3v) is 7.13. The first-order chi connectivity index (χ1) is 18.0. The second-order valence-electron chi connectivity index (χ2n) is 9.59. The van der Waals surface area contributed by atoms with Gasteiger partial charge in [-0.05, 0) is 60.0 Å². The number of nitrogens with zero attached hydrogens (tertiary/aromatic N) is 2. The van der Waals surface area contributed by atoms with E-state index in [1.54, 1.807) is 16.7 Å². The average Bonchev–Trinajstić information content (AvgIpc) is 3.13. The minimum Gasteiger partial charge on any atom is -0.488 e. The molecule has 3 heterocycles. The molecule has 2 aliphatic heterocycles. The fraction of sp³-hybridized carbons (Fsp3) is 0.276. The number of hydrogen-bond donors (Lipinski definition) is 1. The number of imidazole rings is 1. The highest BCUT2D eigenvalue weighted by Gasteiger charge is 2.23. The van der Waals surface area contributed by atoms with Gasteiger partial charge in [-0.1, -0.05) is 18.2 Å². The summed E-state index contributed by atoms with van der Waals surface area (Å²) in [6, 6.07) is 15.0. The fourth-order valence-electron chi connectivity index (χ4n) is 5.33. The number of rotatable bonds is 4. The van der Waals surface area contributed by atoms with E-state index in [4.69, 9.17) is 9.47 Å². The van der Waals surface area contributed by atoms with E-state index < -0.39 is 5.82 Å². The largest absolute Gasteiger partial charge is 0.488 e. The van der Waals surface area contributed by atoms with E-state index in [9.17, 15) is 13.6 Å². The first kappa shape index (κ1) is 23.6. The molecule has 0 aliphatic carbocycles. The third kappa shape index (κ3) is 4.47. The molecule has 6 rings (SSSR count). The number of morpholine rings is 1. The zero-order valence-electron chi connectivity index (χ0n) is 20.5. The van der Waals surface area contributed by atoms with Gasteiger partial charge in [0.15, 0.2) is 0 Å². The molecular weight excluding hydrogens is 476 g/mol. The molecule has 0 radical (unpaired) electrons. The van der Waals surface area contributed by atoms with Crippen LogP contribution in [0.4, 0.5) is 8.78 Å². The maximum atomic E-state index is 14.7. The molecule has 6 nitrogen and oxygen atoms in total. The lowest BCUT2D eigenvalue weighted by Crippen LogP contribution is -2.40. The second-order valence-corrected chi connectivity index (χ2v) is 9.59. The molecule has 1 aromatic heterocycles. The number of ether oxygens (including phenoxy) is 2. The van der Waals surface area contributed by atoms with Gasteiger partial charge in [0.2, 0.25) is 0 Å². The molecule has 1 saturated heterocycles. The predicted octanol–water partition coefficient (Wildman–Crippen LogP) is 4.98. The molecule has 1 atom stereocenters. The first-order valence-electron chi connectivity index (χ1n) is 12.4. The van der Waals surface area contributed by atoms with Crippen molar-refractivity contribution in [1.82, 2.24) is 14.5 Å². The van der Waals surface area contributed by atoms with E-state index >= 15 is 0 Å². The highest BCUT2D eigenvalue weighted by Crippen LogP contribution is 2.39. The normalized spacial score (nSPS) is 17.8. The number of fused-ring (bicyclic) bond motifs is 3. The number of H-pyrrole nitrogens is 1. The molecule has 0 saturated carbocycles. The molecule has 190 valence electrons. The molecule has 8 heteroatoms. The van der Waals surface area contributed by atoms with E-state index in [2.05, 4.69) is 9.88 Å². The SMILES string of the molecule is C[C@@H](CN1CCOCC1)n1c(=O)[nH]c2cc(/C=C3/c4ccc(F)cc4OCc4c(F)cccc43)ccc21. The molecule has 0 spiro atoms. The van der Waals surface area contributed by atoms with Crippen molar-refractivity contribution in [3.8, 4) is 5.75 Å². The van der Waals surface area contributed by atoms with Crippen molar-refractivity contribution in [2.24, 2.45) is 0 Å². The molecular formula is C29H27F2N3O3. The number of hydrogen-bond acceptors (Lipinski definition) is 4. The van der Waals surface area contributed by atoms with Crippen molar-refractivity contribution in [2.75, 3.05) is 32.8 Å². The van der Waals surface area contributed by atoms with Crippen LogP contribution < -0.4 is 10.4 Å². The molecule has 1 fully saturated rings. The summed E-state index contributed by atoms with van der Waals surface area (Å²) < 4.78 is 41.8. The van der Waals surface area contributed by atoms with Crippen LogP contribution >= 0.6 is 0 Å². The van der Waals surface area contributed by atoms with Gasteiger partial charge in [0.25, 0.3) is 0 Å². The Morgan fingerprint density at radius 2 is 1.89 bits per heavy atom. The van der Waals surface area contributed by atoms with Gasteiger partial charge in [-0.15, -0.1) is 0 Å². The molecule has 1 N–H and O–H groups in total. The summed E-state index contributed by atoms with van der Waals surface area (Å²) >= 11 is 0. The summed E-state index contributed by atoms with van der Waals surface area (Å²) in [6.45, 7) is 5.95. The van der Waals surface area contributed by atoms with Crippen molar-refractivity contribution in [1.29, 1.82) is 0 Å². The molecule has 0 amide bonds. The number of aromatic amines is 1. The summed E-state index contributed by atoms with van der Waals surface area (Å²) in [5.74, 6) is -0.432. The first-order valence-corrected chi connectivity index (χ1v) is 12.4. The molecule has 0 bridgehead atoms. The minimum absolute atomic E-state index is 0.00599. The summed E-state index contributed by atoms with van der Waals surface area (Å²) in [5.41, 5.74) is 4.72. The van der Waals surface area contributed by atoms with Crippen LogP contribution in [-0.4, -0.2) is 47.3 Å². The highest BCUT2D eigenvalue weighted by molar-refractivity contribution is 5.95. The van der Waals surface area contributed by atoms with Crippen LogP contribution in [0.3, 0.4) is 0 Å². The maximum Gasteiger partial charge on any atom is 0.326 e. The number of aromatic nitrogens is 2. The lowest BCUT2D eigenvalue weighted by atomic mass is 9.92. The number of nitrogens with one attached hydrogen (secondary N) is 1. The Hall–Kier alpha value is -3.75. The van der Waals surface area contributed by atoms with Crippen molar-refractivity contribution >= 4 is 22.7 Å². The van der Waals surface area contributed by atoms with E-state index in [1.165, 1.54) is 18.2 Å². The number of benzene rings is 3. The van der Waals surface area contributed by atoms with Crippen LogP contribution in [0.1, 0.15) is 35.2 Å². The van der Waals surface area contributed by atoms with Crippen LogP contribution in [0.15, 0.2) is 59.4 Å². The summed E-state index contributed by atoms with van der Waals surface area (Å²) in [5, 5.41) is 0. The predicted molar refractivity (Wildman–Crippen MR) is 139 cm³/mol. The molecule has 2 aliphatic rings. The molecule has 4 aromatic rings. The van der Waals surface area contributed by atoms with Gasteiger partial charge in [-0.25, -0.2) is 13.6 Å². The summed E-state index contributed by atoms with van der Waals surface area (Å²) in [6.07, 6.45) is 1.93. The zero-order valence-corrected chi connectivity index (χ0v) is 20.5. The standard InChI is InChI=1S/C29H27F2N3O3/c1-18(16-33-9-11-36-12-10-33)34-27-8-5-19(14-26(27)32-29(34)35)13-23-21-3-2-4-25(31)24(21)17-37-28-15-20(30)6-7-22(23)28/h2-8,13-15,18H,9-12,16-17H2,1H3,(H,32,35)/b23-13+/t18-/m0/s1. The van der Waals surface area contributed by atoms with Crippen LogP contribution in [-0.2, 0) is 11.3 Å². The van der Waals surface area contributed by atoms with Crippen LogP contribution in [0, 0.1) is 11.6 Å². The van der Waals surface area contributed by atoms with E-state index in [0.29, 0.717) is 35.7 Å². The Bertz CT molecular complexity index is 1570. The highest BCUT2D eigenvalue weighted by atomic mass is 19.1. The zero-order chi connectivity index (χ0) is 25.5. The van der Waals surface area contributed by atoms with Crippen LogP contribution in [0.2, 0.25) is 0 Å². The Balaban J connectivity index is 1.42. The number of halogens is 2. The van der Waals surface area contributed by atoms with Gasteiger partial charge in [0, 0.05) is 42.9 Å². The van der Waals surface area contributed by atoms with Gasteiger partial charge in [-0.3, -0.25) is 9.47 Å². The third-order valence-electron chi connectivity index (χ3n) is 7.13. The smallest absolute Gasteiger partial charge is 0.326 e. The van der Waals surface area contributed by atoms with Gasteiger partial charge < -0.3 is 14.5 Å². The van der Waals surface area contributed by atoms with Crippen LogP contribution in [0.25, 0.3) is 22.7 Å². The lowest BCUT2D eigenvalue weighted by Gasteiger charge is -2.29. The molecule has 37 heavy (non-hydrogen) atoms. The van der Waals surface area contributed by atoms with Gasteiger partial charge >= 0.3 is 5.69 Å². The van der Waals surface area contributed by atoms with E-state index in [-0.39, 0.29) is 24.2 Å². The van der Waals surface area contributed by atoms with Crippen molar-refractivity contribution in [3.05, 3.63) is 99.0 Å². The van der Waals surface area contributed by atoms with Crippen molar-refractivity contribution in [3.63, 3.8) is 0 Å². The average molecular weight is 504 g/mol. The Morgan fingerprint density at radius 1 is 1.05 bits per heavy atom. The monoisotopic (exact) mass is 503 g/mol. The van der Waals surface area contributed by atoms with Gasteiger partial charge in [-0.2, -0.15) is 0 Å². The second kappa shape index (κ2) is 9.61. The lowest BCUT2D eigenvalue weighted by molar-refractivity contribution is 0.0326.